The third kappa shape index (κ3) is 6.11. The first kappa shape index (κ1) is 26.3. The van der Waals surface area contributed by atoms with Gasteiger partial charge in [-0.1, -0.05) is 37.3 Å². The quantitative estimate of drug-likeness (QED) is 0.584. The number of nitrogens with zero attached hydrogens (tertiary/aromatic N) is 3. The van der Waals surface area contributed by atoms with Gasteiger partial charge >= 0.3 is 12.1 Å². The van der Waals surface area contributed by atoms with Gasteiger partial charge in [-0.15, -0.1) is 0 Å². The van der Waals surface area contributed by atoms with Crippen LogP contribution in [0.5, 0.6) is 0 Å². The van der Waals surface area contributed by atoms with Gasteiger partial charge in [-0.2, -0.15) is 5.06 Å². The number of fused-ring (bicyclic) bond motifs is 2. The van der Waals surface area contributed by atoms with Crippen molar-refractivity contribution in [1.82, 2.24) is 20.2 Å². The molecule has 1 N–H and O–H groups in total. The normalized spacial score (nSPS) is 27.5. The number of carbonyl (C=O) groups is 3. The maximum absolute atomic E-state index is 13.1. The Hall–Kier alpha value is -2.81. The molecule has 0 spiro atoms. The van der Waals surface area contributed by atoms with Crippen LogP contribution in [0.25, 0.3) is 0 Å². The SMILES string of the molecule is CN(CCC1(C)CC(NC(=O)C2CC[C@@H]3CN2C(=O)N3OCc2ccccc2)C1)C(=O)OC(C)(C)C. The van der Waals surface area contributed by atoms with Crippen molar-refractivity contribution in [3.8, 4) is 0 Å². The zero-order chi connectivity index (χ0) is 26.1. The van der Waals surface area contributed by atoms with Crippen molar-refractivity contribution < 1.29 is 24.0 Å². The minimum atomic E-state index is -0.512. The van der Waals surface area contributed by atoms with E-state index in [4.69, 9.17) is 9.57 Å². The Kier molecular flexibility index (Phi) is 7.50. The van der Waals surface area contributed by atoms with Gasteiger partial charge < -0.3 is 19.9 Å². The first-order chi connectivity index (χ1) is 16.9. The molecule has 9 nitrogen and oxygen atoms in total. The molecule has 3 aliphatic rings. The largest absolute Gasteiger partial charge is 0.444 e. The Balaban J connectivity index is 1.21. The molecule has 1 saturated carbocycles. The van der Waals surface area contributed by atoms with Crippen LogP contribution in [0, 0.1) is 5.41 Å². The monoisotopic (exact) mass is 500 g/mol. The fourth-order valence-corrected chi connectivity index (χ4v) is 5.39. The lowest BCUT2D eigenvalue weighted by Crippen LogP contribution is -2.56. The summed E-state index contributed by atoms with van der Waals surface area (Å²) in [5.74, 6) is -0.0790. The number of ether oxygens (including phenoxy) is 1. The van der Waals surface area contributed by atoms with Gasteiger partial charge in [0.1, 0.15) is 18.2 Å². The van der Waals surface area contributed by atoms with Gasteiger partial charge in [0.25, 0.3) is 0 Å². The zero-order valence-corrected chi connectivity index (χ0v) is 22.2. The number of carbonyl (C=O) groups excluding carboxylic acids is 3. The number of piperidine rings is 1. The van der Waals surface area contributed by atoms with E-state index >= 15 is 0 Å². The van der Waals surface area contributed by atoms with Gasteiger partial charge in [0.2, 0.25) is 5.91 Å². The molecule has 198 valence electrons. The Morgan fingerprint density at radius 3 is 2.53 bits per heavy atom. The Morgan fingerprint density at radius 2 is 1.86 bits per heavy atom. The lowest BCUT2D eigenvalue weighted by molar-refractivity contribution is -0.140. The molecule has 3 fully saturated rings. The molecule has 2 heterocycles. The summed E-state index contributed by atoms with van der Waals surface area (Å²) in [4.78, 5) is 47.4. The molecule has 4 amide bonds. The van der Waals surface area contributed by atoms with E-state index in [-0.39, 0.29) is 35.5 Å². The fourth-order valence-electron chi connectivity index (χ4n) is 5.39. The third-order valence-corrected chi connectivity index (χ3v) is 7.42. The molecule has 1 unspecified atom stereocenters. The minimum Gasteiger partial charge on any atom is -0.444 e. The van der Waals surface area contributed by atoms with Crippen molar-refractivity contribution in [2.75, 3.05) is 20.1 Å². The van der Waals surface area contributed by atoms with Crippen molar-refractivity contribution in [3.05, 3.63) is 35.9 Å². The van der Waals surface area contributed by atoms with Crippen LogP contribution in [0.2, 0.25) is 0 Å². The van der Waals surface area contributed by atoms with Gasteiger partial charge in [0, 0.05) is 26.2 Å². The van der Waals surface area contributed by atoms with Crippen molar-refractivity contribution in [1.29, 1.82) is 0 Å². The average Bonchev–Trinajstić information content (AvgIpc) is 3.03. The number of hydrogen-bond donors (Lipinski definition) is 1. The number of hydroxylamine groups is 2. The van der Waals surface area contributed by atoms with E-state index in [0.29, 0.717) is 26.1 Å². The minimum absolute atomic E-state index is 0.0146. The molecule has 2 aliphatic heterocycles. The number of nitrogens with one attached hydrogen (secondary N) is 1. The molecule has 36 heavy (non-hydrogen) atoms. The summed E-state index contributed by atoms with van der Waals surface area (Å²) in [7, 11) is 1.76. The van der Waals surface area contributed by atoms with Gasteiger partial charge in [0.05, 0.1) is 6.04 Å². The fraction of sp³-hybridized carbons (Fsp3) is 0.667. The number of amides is 4. The molecular weight excluding hydrogens is 460 g/mol. The predicted molar refractivity (Wildman–Crippen MR) is 135 cm³/mol. The molecule has 1 aromatic carbocycles. The number of hydrogen-bond acceptors (Lipinski definition) is 5. The van der Waals surface area contributed by atoms with Gasteiger partial charge in [0.15, 0.2) is 0 Å². The highest BCUT2D eigenvalue weighted by atomic mass is 16.7. The Morgan fingerprint density at radius 1 is 1.17 bits per heavy atom. The van der Waals surface area contributed by atoms with Crippen LogP contribution in [0.3, 0.4) is 0 Å². The molecule has 1 aliphatic carbocycles. The van der Waals surface area contributed by atoms with E-state index in [1.807, 2.05) is 51.1 Å². The molecule has 2 atom stereocenters. The second kappa shape index (κ2) is 10.3. The third-order valence-electron chi connectivity index (χ3n) is 7.42. The molecular formula is C27H40N4O5. The van der Waals surface area contributed by atoms with Crippen LogP contribution in [0.4, 0.5) is 9.59 Å². The highest BCUT2D eigenvalue weighted by Gasteiger charge is 2.49. The van der Waals surface area contributed by atoms with E-state index in [1.54, 1.807) is 16.8 Å². The predicted octanol–water partition coefficient (Wildman–Crippen LogP) is 3.93. The first-order valence-electron chi connectivity index (χ1n) is 13.0. The maximum Gasteiger partial charge on any atom is 0.410 e. The smallest absolute Gasteiger partial charge is 0.410 e. The molecule has 0 radical (unpaired) electrons. The number of rotatable bonds is 8. The average molecular weight is 501 g/mol. The summed E-state index contributed by atoms with van der Waals surface area (Å²) in [6.45, 7) is 9.22. The van der Waals surface area contributed by atoms with Gasteiger partial charge in [-0.05, 0) is 63.9 Å². The molecule has 2 saturated heterocycles. The Labute approximate surface area is 214 Å². The van der Waals surface area contributed by atoms with E-state index in [2.05, 4.69) is 12.2 Å². The van der Waals surface area contributed by atoms with Crippen LogP contribution in [0.15, 0.2) is 30.3 Å². The molecule has 0 aromatic heterocycles. The van der Waals surface area contributed by atoms with Crippen LogP contribution in [-0.2, 0) is 21.0 Å². The first-order valence-corrected chi connectivity index (χ1v) is 13.0. The maximum atomic E-state index is 13.1. The highest BCUT2D eigenvalue weighted by Crippen LogP contribution is 2.44. The summed E-state index contributed by atoms with van der Waals surface area (Å²) in [5, 5.41) is 4.62. The van der Waals surface area contributed by atoms with E-state index in [1.165, 1.54) is 5.06 Å². The lowest BCUT2D eigenvalue weighted by Gasteiger charge is -2.47. The standard InChI is InChI=1S/C27H40N4O5/c1-26(2,3)36-25(34)29(5)14-13-27(4)15-20(16-27)28-23(32)22-12-11-21-17-30(22)24(33)31(21)35-18-19-9-7-6-8-10-19/h6-10,20-22H,11-18H2,1-5H3,(H,28,32)/t20?,21-,22?,27?/m1/s1. The summed E-state index contributed by atoms with van der Waals surface area (Å²) >= 11 is 0. The number of urea groups is 1. The molecule has 2 bridgehead atoms. The number of benzene rings is 1. The topological polar surface area (TPSA) is 91.4 Å². The van der Waals surface area contributed by atoms with E-state index in [0.717, 1.165) is 31.2 Å². The summed E-state index contributed by atoms with van der Waals surface area (Å²) in [5.41, 5.74) is 0.556. The van der Waals surface area contributed by atoms with Crippen molar-refractivity contribution in [2.45, 2.75) is 90.1 Å². The highest BCUT2D eigenvalue weighted by molar-refractivity contribution is 5.88. The van der Waals surface area contributed by atoms with Crippen molar-refractivity contribution in [2.24, 2.45) is 5.41 Å². The van der Waals surface area contributed by atoms with E-state index < -0.39 is 11.6 Å². The molecule has 4 rings (SSSR count). The summed E-state index contributed by atoms with van der Waals surface area (Å²) in [6, 6.07) is 9.15. The van der Waals surface area contributed by atoms with Gasteiger partial charge in [-0.3, -0.25) is 9.63 Å². The van der Waals surface area contributed by atoms with Crippen LogP contribution in [0.1, 0.15) is 65.4 Å². The van der Waals surface area contributed by atoms with Crippen LogP contribution in [-0.4, -0.2) is 76.8 Å². The molecule has 1 aromatic rings. The van der Waals surface area contributed by atoms with Gasteiger partial charge in [-0.25, -0.2) is 9.59 Å². The zero-order valence-electron chi connectivity index (χ0n) is 22.2. The summed E-state index contributed by atoms with van der Waals surface area (Å²) in [6.07, 6.45) is 3.63. The lowest BCUT2D eigenvalue weighted by atomic mass is 9.65. The second-order valence-electron chi connectivity index (χ2n) is 11.8. The van der Waals surface area contributed by atoms with Crippen LogP contribution < -0.4 is 5.32 Å². The Bertz CT molecular complexity index is 957. The second-order valence-corrected chi connectivity index (χ2v) is 11.8. The van der Waals surface area contributed by atoms with Crippen molar-refractivity contribution in [3.63, 3.8) is 0 Å². The van der Waals surface area contributed by atoms with Crippen molar-refractivity contribution >= 4 is 18.0 Å². The summed E-state index contributed by atoms with van der Waals surface area (Å²) < 4.78 is 5.42. The van der Waals surface area contributed by atoms with Crippen LogP contribution >= 0.6 is 0 Å². The van der Waals surface area contributed by atoms with E-state index in [9.17, 15) is 14.4 Å². The molecule has 9 heteroatoms.